The van der Waals surface area contributed by atoms with Gasteiger partial charge in [-0.3, -0.25) is 14.4 Å². The molecule has 6 nitrogen and oxygen atoms in total. The van der Waals surface area contributed by atoms with E-state index in [-0.39, 0.29) is 11.8 Å². The lowest BCUT2D eigenvalue weighted by atomic mass is 9.90. The van der Waals surface area contributed by atoms with E-state index in [0.717, 1.165) is 24.1 Å². The molecule has 2 aliphatic rings. The third-order valence-corrected chi connectivity index (χ3v) is 6.42. The monoisotopic (exact) mass is 456 g/mol. The van der Waals surface area contributed by atoms with Crippen LogP contribution in [0.1, 0.15) is 37.4 Å². The molecule has 2 fully saturated rings. The first-order chi connectivity index (χ1) is 16.6. The molecule has 2 amide bonds. The SMILES string of the molecule is CCCOc1ccc(N2C(=O)[C@@H]3[C@@H](c4ccc(CC)cc4)N(c4ccccc4)O[C@H]3C2=O)cc1. The maximum atomic E-state index is 13.7. The highest BCUT2D eigenvalue weighted by molar-refractivity contribution is 6.23. The van der Waals surface area contributed by atoms with E-state index in [1.54, 1.807) is 29.3 Å². The molecule has 0 N–H and O–H groups in total. The molecular weight excluding hydrogens is 428 g/mol. The largest absolute Gasteiger partial charge is 0.494 e. The highest BCUT2D eigenvalue weighted by Crippen LogP contribution is 2.47. The van der Waals surface area contributed by atoms with Crippen molar-refractivity contribution < 1.29 is 19.2 Å². The standard InChI is InChI=1S/C28H28N2O4/c1-3-18-33-23-16-14-21(15-17-23)29-27(31)24-25(20-12-10-19(4-2)11-13-20)30(34-26(24)28(29)32)22-8-6-5-7-9-22/h5-17,24-26H,3-4,18H2,1-2H3/t24-,25-,26-/m1/s1. The molecule has 0 unspecified atom stereocenters. The number of hydrogen-bond acceptors (Lipinski definition) is 5. The van der Waals surface area contributed by atoms with Crippen LogP contribution in [0.3, 0.4) is 0 Å². The molecule has 0 bridgehead atoms. The van der Waals surface area contributed by atoms with Gasteiger partial charge in [0.25, 0.3) is 5.91 Å². The van der Waals surface area contributed by atoms with Crippen LogP contribution in [-0.2, 0) is 20.8 Å². The molecule has 0 spiro atoms. The number of hydroxylamine groups is 1. The van der Waals surface area contributed by atoms with Crippen molar-refractivity contribution in [2.75, 3.05) is 16.6 Å². The van der Waals surface area contributed by atoms with E-state index in [1.807, 2.05) is 49.4 Å². The zero-order valence-corrected chi connectivity index (χ0v) is 19.4. The minimum absolute atomic E-state index is 0.250. The summed E-state index contributed by atoms with van der Waals surface area (Å²) in [6.45, 7) is 4.77. The summed E-state index contributed by atoms with van der Waals surface area (Å²) >= 11 is 0. The van der Waals surface area contributed by atoms with Crippen molar-refractivity contribution in [2.24, 2.45) is 5.92 Å². The van der Waals surface area contributed by atoms with Gasteiger partial charge in [-0.1, -0.05) is 56.3 Å². The predicted molar refractivity (Wildman–Crippen MR) is 131 cm³/mol. The Labute approximate surface area is 199 Å². The lowest BCUT2D eigenvalue weighted by molar-refractivity contribution is -0.126. The van der Waals surface area contributed by atoms with Crippen LogP contribution in [0.25, 0.3) is 0 Å². The van der Waals surface area contributed by atoms with Crippen LogP contribution in [0.15, 0.2) is 78.9 Å². The predicted octanol–water partition coefficient (Wildman–Crippen LogP) is 5.09. The average molecular weight is 457 g/mol. The zero-order valence-electron chi connectivity index (χ0n) is 19.4. The normalized spacial score (nSPS) is 21.8. The maximum Gasteiger partial charge on any atom is 0.266 e. The Morgan fingerprint density at radius 3 is 2.18 bits per heavy atom. The summed E-state index contributed by atoms with van der Waals surface area (Å²) in [4.78, 5) is 34.6. The molecule has 0 saturated carbocycles. The molecule has 3 atom stereocenters. The van der Waals surface area contributed by atoms with Gasteiger partial charge >= 0.3 is 0 Å². The summed E-state index contributed by atoms with van der Waals surface area (Å²) in [5, 5.41) is 1.73. The second-order valence-electron chi connectivity index (χ2n) is 8.61. The van der Waals surface area contributed by atoms with Crippen molar-refractivity contribution in [1.29, 1.82) is 0 Å². The number of rotatable bonds is 7. The first kappa shape index (κ1) is 22.2. The Hall–Kier alpha value is -3.64. The molecule has 6 heteroatoms. The van der Waals surface area contributed by atoms with Gasteiger partial charge in [0.2, 0.25) is 5.91 Å². The number of para-hydroxylation sites is 1. The van der Waals surface area contributed by atoms with E-state index in [9.17, 15) is 9.59 Å². The number of aryl methyl sites for hydroxylation is 1. The number of anilines is 2. The topological polar surface area (TPSA) is 59.1 Å². The van der Waals surface area contributed by atoms with Crippen LogP contribution < -0.4 is 14.7 Å². The summed E-state index contributed by atoms with van der Waals surface area (Å²) in [6.07, 6.45) is 0.961. The highest BCUT2D eigenvalue weighted by atomic mass is 16.7. The molecule has 0 radical (unpaired) electrons. The van der Waals surface area contributed by atoms with Gasteiger partial charge in [0, 0.05) is 0 Å². The number of fused-ring (bicyclic) bond motifs is 1. The molecule has 3 aromatic carbocycles. The molecule has 2 heterocycles. The van der Waals surface area contributed by atoms with Gasteiger partial charge < -0.3 is 4.74 Å². The van der Waals surface area contributed by atoms with E-state index >= 15 is 0 Å². The summed E-state index contributed by atoms with van der Waals surface area (Å²) < 4.78 is 5.64. The fraction of sp³-hybridized carbons (Fsp3) is 0.286. The molecule has 174 valence electrons. The number of imide groups is 1. The third kappa shape index (κ3) is 3.84. The summed E-state index contributed by atoms with van der Waals surface area (Å²) in [6, 6.07) is 24.5. The van der Waals surface area contributed by atoms with Crippen LogP contribution in [0, 0.1) is 5.92 Å². The Kier molecular flexibility index (Phi) is 6.07. The third-order valence-electron chi connectivity index (χ3n) is 6.42. The fourth-order valence-corrected chi connectivity index (χ4v) is 4.67. The van der Waals surface area contributed by atoms with Crippen molar-refractivity contribution in [3.05, 3.63) is 90.0 Å². The summed E-state index contributed by atoms with van der Waals surface area (Å²) in [7, 11) is 0. The molecule has 3 aromatic rings. The molecular formula is C28H28N2O4. The van der Waals surface area contributed by atoms with Gasteiger partial charge in [-0.05, 0) is 60.4 Å². The van der Waals surface area contributed by atoms with E-state index in [0.29, 0.717) is 18.0 Å². The van der Waals surface area contributed by atoms with Crippen molar-refractivity contribution in [3.63, 3.8) is 0 Å². The van der Waals surface area contributed by atoms with Crippen molar-refractivity contribution in [1.82, 2.24) is 0 Å². The van der Waals surface area contributed by atoms with E-state index < -0.39 is 18.1 Å². The highest BCUT2D eigenvalue weighted by Gasteiger charge is 2.60. The van der Waals surface area contributed by atoms with Crippen LogP contribution in [0.5, 0.6) is 5.75 Å². The van der Waals surface area contributed by atoms with Crippen LogP contribution in [-0.4, -0.2) is 24.5 Å². The minimum atomic E-state index is -0.875. The number of nitrogens with zero attached hydrogens (tertiary/aromatic N) is 2. The number of carbonyl (C=O) groups excluding carboxylic acids is 2. The smallest absolute Gasteiger partial charge is 0.266 e. The zero-order chi connectivity index (χ0) is 23.7. The molecule has 5 rings (SSSR count). The lowest BCUT2D eigenvalue weighted by Crippen LogP contribution is -2.37. The Morgan fingerprint density at radius 2 is 1.53 bits per heavy atom. The van der Waals surface area contributed by atoms with E-state index in [1.165, 1.54) is 10.5 Å². The van der Waals surface area contributed by atoms with Crippen LogP contribution in [0.4, 0.5) is 11.4 Å². The molecule has 0 aromatic heterocycles. The quantitative estimate of drug-likeness (QED) is 0.464. The molecule has 2 aliphatic heterocycles. The van der Waals surface area contributed by atoms with Gasteiger partial charge in [-0.25, -0.2) is 9.96 Å². The molecule has 2 saturated heterocycles. The number of hydrogen-bond donors (Lipinski definition) is 0. The summed E-state index contributed by atoms with van der Waals surface area (Å²) in [5.41, 5.74) is 3.50. The van der Waals surface area contributed by atoms with Crippen molar-refractivity contribution >= 4 is 23.2 Å². The Morgan fingerprint density at radius 1 is 0.824 bits per heavy atom. The first-order valence-electron chi connectivity index (χ1n) is 11.8. The summed E-state index contributed by atoms with van der Waals surface area (Å²) in [5.74, 6) is -0.521. The Bertz CT molecular complexity index is 1160. The second kappa shape index (κ2) is 9.31. The van der Waals surface area contributed by atoms with E-state index in [2.05, 4.69) is 19.1 Å². The number of carbonyl (C=O) groups is 2. The van der Waals surface area contributed by atoms with Crippen molar-refractivity contribution in [3.8, 4) is 5.75 Å². The van der Waals surface area contributed by atoms with Crippen LogP contribution >= 0.6 is 0 Å². The lowest BCUT2D eigenvalue weighted by Gasteiger charge is -2.29. The van der Waals surface area contributed by atoms with Gasteiger partial charge in [0.05, 0.1) is 24.0 Å². The second-order valence-corrected chi connectivity index (χ2v) is 8.61. The van der Waals surface area contributed by atoms with Gasteiger partial charge in [0.15, 0.2) is 6.10 Å². The first-order valence-corrected chi connectivity index (χ1v) is 11.8. The van der Waals surface area contributed by atoms with Crippen molar-refractivity contribution in [2.45, 2.75) is 38.8 Å². The number of ether oxygens (including phenoxy) is 1. The molecule has 34 heavy (non-hydrogen) atoms. The van der Waals surface area contributed by atoms with Gasteiger partial charge in [0.1, 0.15) is 11.7 Å². The Balaban J connectivity index is 1.49. The number of benzene rings is 3. The average Bonchev–Trinajstić information content (AvgIpc) is 3.39. The fourth-order valence-electron chi connectivity index (χ4n) is 4.67. The molecule has 0 aliphatic carbocycles. The minimum Gasteiger partial charge on any atom is -0.494 e. The van der Waals surface area contributed by atoms with E-state index in [4.69, 9.17) is 9.57 Å². The van der Waals surface area contributed by atoms with Gasteiger partial charge in [-0.15, -0.1) is 0 Å². The van der Waals surface area contributed by atoms with Crippen LogP contribution in [0.2, 0.25) is 0 Å². The number of amides is 2. The maximum absolute atomic E-state index is 13.7. The van der Waals surface area contributed by atoms with Gasteiger partial charge in [-0.2, -0.15) is 0 Å².